The molecule has 4 heterocycles. The fourth-order valence-corrected chi connectivity index (χ4v) is 3.32. The first-order valence-corrected chi connectivity index (χ1v) is 8.49. The van der Waals surface area contributed by atoms with Gasteiger partial charge in [0.2, 0.25) is 0 Å². The first kappa shape index (κ1) is 15.0. The van der Waals surface area contributed by atoms with Gasteiger partial charge < -0.3 is 4.98 Å². The summed E-state index contributed by atoms with van der Waals surface area (Å²) in [5, 5.41) is 5.57. The molecule has 0 aliphatic rings. The van der Waals surface area contributed by atoms with Gasteiger partial charge in [-0.1, -0.05) is 6.92 Å². The lowest BCUT2D eigenvalue weighted by atomic mass is 10.1. The van der Waals surface area contributed by atoms with E-state index in [0.717, 1.165) is 33.3 Å². The number of pyridine rings is 1. The Morgan fingerprint density at radius 3 is 3.00 bits per heavy atom. The van der Waals surface area contributed by atoms with E-state index < -0.39 is 0 Å². The molecule has 4 rings (SSSR count). The Kier molecular flexibility index (Phi) is 3.86. The zero-order valence-electron chi connectivity index (χ0n) is 13.0. The summed E-state index contributed by atoms with van der Waals surface area (Å²) < 4.78 is 2.81. The molecule has 0 radical (unpaired) electrons. The maximum absolute atomic E-state index is 4.57. The monoisotopic (exact) mass is 382 g/mol. The summed E-state index contributed by atoms with van der Waals surface area (Å²) in [6.07, 6.45) is 10.1. The van der Waals surface area contributed by atoms with Gasteiger partial charge in [-0.25, -0.2) is 15.0 Å². The molecule has 0 fully saturated rings. The molecule has 0 spiro atoms. The van der Waals surface area contributed by atoms with E-state index in [1.54, 1.807) is 12.5 Å². The lowest BCUT2D eigenvalue weighted by Gasteiger charge is -2.16. The summed E-state index contributed by atoms with van der Waals surface area (Å²) in [7, 11) is 0. The molecule has 0 aliphatic carbocycles. The lowest BCUT2D eigenvalue weighted by molar-refractivity contribution is 0.508. The minimum atomic E-state index is 0.154. The summed E-state index contributed by atoms with van der Waals surface area (Å²) in [5.74, 6) is 0. The highest BCUT2D eigenvalue weighted by molar-refractivity contribution is 9.10. The van der Waals surface area contributed by atoms with Crippen LogP contribution in [0.2, 0.25) is 0 Å². The lowest BCUT2D eigenvalue weighted by Crippen LogP contribution is -2.10. The number of hydrogen-bond donors (Lipinski definition) is 1. The molecule has 0 aromatic carbocycles. The number of aromatic nitrogens is 6. The molecular formula is C17H15BrN6. The highest BCUT2D eigenvalue weighted by atomic mass is 79.9. The predicted molar refractivity (Wildman–Crippen MR) is 95.5 cm³/mol. The molecule has 0 bridgehead atoms. The number of rotatable bonds is 4. The average Bonchev–Trinajstić information content (AvgIpc) is 3.24. The molecule has 120 valence electrons. The van der Waals surface area contributed by atoms with Crippen LogP contribution in [0.25, 0.3) is 22.3 Å². The summed E-state index contributed by atoms with van der Waals surface area (Å²) in [6, 6.07) is 6.20. The van der Waals surface area contributed by atoms with Crippen LogP contribution in [0.4, 0.5) is 0 Å². The Hall–Kier alpha value is -2.54. The topological polar surface area (TPSA) is 72.3 Å². The van der Waals surface area contributed by atoms with Crippen molar-refractivity contribution in [2.24, 2.45) is 0 Å². The third-order valence-electron chi connectivity index (χ3n) is 4.07. The fraction of sp³-hybridized carbons (Fsp3) is 0.176. The van der Waals surface area contributed by atoms with E-state index >= 15 is 0 Å². The Balaban J connectivity index is 1.75. The molecule has 0 amide bonds. The van der Waals surface area contributed by atoms with Gasteiger partial charge in [0.15, 0.2) is 0 Å². The molecule has 7 heteroatoms. The molecule has 1 N–H and O–H groups in total. The molecule has 24 heavy (non-hydrogen) atoms. The van der Waals surface area contributed by atoms with E-state index in [1.165, 1.54) is 5.56 Å². The van der Waals surface area contributed by atoms with E-state index in [0.29, 0.717) is 0 Å². The van der Waals surface area contributed by atoms with Crippen molar-refractivity contribution in [3.05, 3.63) is 59.5 Å². The quantitative estimate of drug-likeness (QED) is 0.541. The molecule has 6 nitrogen and oxygen atoms in total. The number of nitrogens with one attached hydrogen (secondary N) is 1. The Labute approximate surface area is 147 Å². The van der Waals surface area contributed by atoms with Crippen LogP contribution in [0, 0.1) is 0 Å². The minimum absolute atomic E-state index is 0.154. The van der Waals surface area contributed by atoms with E-state index in [-0.39, 0.29) is 6.04 Å². The van der Waals surface area contributed by atoms with Crippen molar-refractivity contribution in [1.82, 2.24) is 29.7 Å². The largest absolute Gasteiger partial charge is 0.346 e. The van der Waals surface area contributed by atoms with Crippen molar-refractivity contribution >= 4 is 27.0 Å². The van der Waals surface area contributed by atoms with Gasteiger partial charge in [-0.2, -0.15) is 5.10 Å². The maximum atomic E-state index is 4.57. The van der Waals surface area contributed by atoms with Crippen LogP contribution in [0.3, 0.4) is 0 Å². The van der Waals surface area contributed by atoms with Crippen molar-refractivity contribution in [3.63, 3.8) is 0 Å². The maximum Gasteiger partial charge on any atom is 0.141 e. The first-order valence-electron chi connectivity index (χ1n) is 7.70. The van der Waals surface area contributed by atoms with Gasteiger partial charge in [0.25, 0.3) is 0 Å². The fourth-order valence-electron chi connectivity index (χ4n) is 2.93. The van der Waals surface area contributed by atoms with Crippen LogP contribution in [0.15, 0.2) is 53.9 Å². The third-order valence-corrected chi connectivity index (χ3v) is 4.50. The van der Waals surface area contributed by atoms with Crippen molar-refractivity contribution < 1.29 is 0 Å². The predicted octanol–water partition coefficient (Wildman–Crippen LogP) is 3.98. The summed E-state index contributed by atoms with van der Waals surface area (Å²) in [5.41, 5.74) is 3.87. The van der Waals surface area contributed by atoms with Crippen LogP contribution in [-0.2, 0) is 0 Å². The zero-order valence-corrected chi connectivity index (χ0v) is 14.6. The van der Waals surface area contributed by atoms with Gasteiger partial charge >= 0.3 is 0 Å². The molecule has 1 unspecified atom stereocenters. The SMILES string of the molecule is CCC(c1ccnc(Br)c1)n1cc(-c2ncnc3[nH]ccc23)cn1. The highest BCUT2D eigenvalue weighted by Gasteiger charge is 2.16. The molecular weight excluding hydrogens is 368 g/mol. The van der Waals surface area contributed by atoms with E-state index in [1.807, 2.05) is 41.5 Å². The zero-order chi connectivity index (χ0) is 16.5. The van der Waals surface area contributed by atoms with Crippen LogP contribution < -0.4 is 0 Å². The smallest absolute Gasteiger partial charge is 0.141 e. The standard InChI is InChI=1S/C17H15BrN6/c1-2-14(11-3-5-19-15(18)7-11)24-9-12(8-23-24)16-13-4-6-20-17(13)22-10-21-16/h3-10,14H,2H2,1H3,(H,20,21,22). The summed E-state index contributed by atoms with van der Waals surface area (Å²) in [6.45, 7) is 2.15. The van der Waals surface area contributed by atoms with Crippen LogP contribution in [0.1, 0.15) is 24.9 Å². The minimum Gasteiger partial charge on any atom is -0.346 e. The molecule has 0 saturated heterocycles. The molecule has 1 atom stereocenters. The average molecular weight is 383 g/mol. The molecule has 0 aliphatic heterocycles. The Morgan fingerprint density at radius 2 is 2.17 bits per heavy atom. The Morgan fingerprint density at radius 1 is 1.25 bits per heavy atom. The number of aromatic amines is 1. The second-order valence-electron chi connectivity index (χ2n) is 5.51. The normalized spacial score (nSPS) is 12.6. The van der Waals surface area contributed by atoms with E-state index in [2.05, 4.69) is 47.9 Å². The molecule has 4 aromatic heterocycles. The third kappa shape index (κ3) is 2.60. The van der Waals surface area contributed by atoms with Gasteiger partial charge in [-0.05, 0) is 46.1 Å². The van der Waals surface area contributed by atoms with Crippen molar-refractivity contribution in [2.45, 2.75) is 19.4 Å². The number of halogens is 1. The summed E-state index contributed by atoms with van der Waals surface area (Å²) in [4.78, 5) is 16.0. The second kappa shape index (κ2) is 6.16. The second-order valence-corrected chi connectivity index (χ2v) is 6.32. The van der Waals surface area contributed by atoms with E-state index in [9.17, 15) is 0 Å². The highest BCUT2D eigenvalue weighted by Crippen LogP contribution is 2.28. The number of nitrogens with zero attached hydrogens (tertiary/aromatic N) is 5. The Bertz CT molecular complexity index is 989. The molecule has 0 saturated carbocycles. The number of H-pyrrole nitrogens is 1. The molecule has 4 aromatic rings. The number of fused-ring (bicyclic) bond motifs is 1. The van der Waals surface area contributed by atoms with Gasteiger partial charge in [0, 0.05) is 29.5 Å². The first-order chi connectivity index (χ1) is 11.8. The van der Waals surface area contributed by atoms with Crippen LogP contribution in [0.5, 0.6) is 0 Å². The van der Waals surface area contributed by atoms with E-state index in [4.69, 9.17) is 0 Å². The summed E-state index contributed by atoms with van der Waals surface area (Å²) >= 11 is 3.44. The van der Waals surface area contributed by atoms with Gasteiger partial charge in [-0.3, -0.25) is 4.68 Å². The van der Waals surface area contributed by atoms with Crippen LogP contribution >= 0.6 is 15.9 Å². The van der Waals surface area contributed by atoms with Crippen molar-refractivity contribution in [2.75, 3.05) is 0 Å². The van der Waals surface area contributed by atoms with Crippen molar-refractivity contribution in [1.29, 1.82) is 0 Å². The number of hydrogen-bond acceptors (Lipinski definition) is 4. The van der Waals surface area contributed by atoms with Gasteiger partial charge in [0.1, 0.15) is 16.6 Å². The van der Waals surface area contributed by atoms with Gasteiger partial charge in [0.05, 0.1) is 17.9 Å². The van der Waals surface area contributed by atoms with Crippen LogP contribution in [-0.4, -0.2) is 29.7 Å². The van der Waals surface area contributed by atoms with Gasteiger partial charge in [-0.15, -0.1) is 0 Å². The van der Waals surface area contributed by atoms with Crippen molar-refractivity contribution in [3.8, 4) is 11.3 Å².